The lowest BCUT2D eigenvalue weighted by atomic mass is 9.49. The van der Waals surface area contributed by atoms with E-state index in [1.54, 1.807) is 12.1 Å². The summed E-state index contributed by atoms with van der Waals surface area (Å²) in [6, 6.07) is 3.19. The van der Waals surface area contributed by atoms with Crippen molar-refractivity contribution in [2.75, 3.05) is 26.1 Å². The van der Waals surface area contributed by atoms with Crippen molar-refractivity contribution in [3.8, 4) is 11.5 Å². The van der Waals surface area contributed by atoms with Gasteiger partial charge in [-0.3, -0.25) is 9.59 Å². The van der Waals surface area contributed by atoms with Crippen LogP contribution in [0.4, 0.5) is 5.69 Å². The zero-order chi connectivity index (χ0) is 20.6. The fourth-order valence-corrected chi connectivity index (χ4v) is 6.47. The molecule has 0 spiro atoms. The molecule has 4 saturated carbocycles. The minimum atomic E-state index is -0.313. The lowest BCUT2D eigenvalue weighted by molar-refractivity contribution is -0.131. The molecule has 4 bridgehead atoms. The van der Waals surface area contributed by atoms with E-state index in [9.17, 15) is 9.59 Å². The maximum atomic E-state index is 12.6. The molecule has 6 nitrogen and oxygen atoms in total. The van der Waals surface area contributed by atoms with E-state index in [2.05, 4.69) is 10.6 Å². The van der Waals surface area contributed by atoms with Crippen LogP contribution in [0.2, 0.25) is 5.02 Å². The summed E-state index contributed by atoms with van der Waals surface area (Å²) < 4.78 is 10.5. The predicted molar refractivity (Wildman–Crippen MR) is 111 cm³/mol. The average molecular weight is 421 g/mol. The van der Waals surface area contributed by atoms with E-state index in [0.717, 1.165) is 17.8 Å². The topological polar surface area (TPSA) is 76.7 Å². The quantitative estimate of drug-likeness (QED) is 0.698. The smallest absolute Gasteiger partial charge is 0.243 e. The number of carbonyl (C=O) groups is 2. The number of anilines is 1. The molecule has 0 atom stereocenters. The number of carbonyl (C=O) groups excluding carboxylic acids is 2. The Bertz CT molecular complexity index is 775. The Morgan fingerprint density at radius 2 is 1.59 bits per heavy atom. The molecule has 2 amide bonds. The second kappa shape index (κ2) is 8.05. The van der Waals surface area contributed by atoms with Gasteiger partial charge in [-0.25, -0.2) is 0 Å². The third-order valence-corrected chi connectivity index (χ3v) is 7.19. The van der Waals surface area contributed by atoms with E-state index in [0.29, 0.717) is 28.6 Å². The van der Waals surface area contributed by atoms with Crippen LogP contribution in [0, 0.1) is 23.2 Å². The molecular formula is C22H29ClN2O4. The summed E-state index contributed by atoms with van der Waals surface area (Å²) in [7, 11) is 3.00. The lowest BCUT2D eigenvalue weighted by Crippen LogP contribution is -2.48. The molecule has 7 heteroatoms. The summed E-state index contributed by atoms with van der Waals surface area (Å²) in [5.41, 5.74) is 0.622. The number of benzene rings is 1. The van der Waals surface area contributed by atoms with Gasteiger partial charge in [0.2, 0.25) is 11.8 Å². The lowest BCUT2D eigenvalue weighted by Gasteiger charge is -2.56. The molecule has 1 aromatic rings. The van der Waals surface area contributed by atoms with Crippen LogP contribution in [0.5, 0.6) is 11.5 Å². The number of nitrogens with one attached hydrogen (secondary N) is 2. The number of halogens is 1. The number of amides is 2. The van der Waals surface area contributed by atoms with Gasteiger partial charge < -0.3 is 20.1 Å². The highest BCUT2D eigenvalue weighted by Crippen LogP contribution is 2.61. The highest BCUT2D eigenvalue weighted by atomic mass is 35.5. The van der Waals surface area contributed by atoms with Gasteiger partial charge in [0.1, 0.15) is 11.5 Å². The number of hydrogen-bond acceptors (Lipinski definition) is 4. The summed E-state index contributed by atoms with van der Waals surface area (Å²) in [6.07, 6.45) is 8.16. The van der Waals surface area contributed by atoms with Crippen LogP contribution in [-0.4, -0.2) is 32.6 Å². The van der Waals surface area contributed by atoms with Crippen molar-refractivity contribution >= 4 is 29.1 Å². The van der Waals surface area contributed by atoms with Gasteiger partial charge >= 0.3 is 0 Å². The van der Waals surface area contributed by atoms with Crippen LogP contribution < -0.4 is 20.1 Å². The monoisotopic (exact) mass is 420 g/mol. The number of hydrogen-bond donors (Lipinski definition) is 2. The Morgan fingerprint density at radius 1 is 1.00 bits per heavy atom. The summed E-state index contributed by atoms with van der Waals surface area (Å²) in [5.74, 6) is 2.96. The molecule has 0 aromatic heterocycles. The molecular weight excluding hydrogens is 392 g/mol. The van der Waals surface area contributed by atoms with Crippen molar-refractivity contribution in [2.45, 2.75) is 44.9 Å². The van der Waals surface area contributed by atoms with Crippen molar-refractivity contribution in [1.29, 1.82) is 0 Å². The summed E-state index contributed by atoms with van der Waals surface area (Å²) in [5, 5.41) is 5.96. The average Bonchev–Trinajstić information content (AvgIpc) is 2.66. The van der Waals surface area contributed by atoms with Crippen molar-refractivity contribution in [3.63, 3.8) is 0 Å². The van der Waals surface area contributed by atoms with Gasteiger partial charge in [-0.1, -0.05) is 11.6 Å². The van der Waals surface area contributed by atoms with E-state index in [-0.39, 0.29) is 23.8 Å². The Labute approximate surface area is 176 Å². The van der Waals surface area contributed by atoms with Gasteiger partial charge in [0.05, 0.1) is 31.5 Å². The molecule has 2 N–H and O–H groups in total. The predicted octanol–water partition coefficient (Wildman–Crippen LogP) is 4.02. The first kappa shape index (κ1) is 20.3. The minimum Gasteiger partial charge on any atom is -0.495 e. The second-order valence-electron chi connectivity index (χ2n) is 9.11. The molecule has 4 aliphatic rings. The third-order valence-electron chi connectivity index (χ3n) is 6.89. The Balaban J connectivity index is 1.32. The molecule has 0 heterocycles. The Kier molecular flexibility index (Phi) is 5.65. The summed E-state index contributed by atoms with van der Waals surface area (Å²) >= 11 is 6.09. The van der Waals surface area contributed by atoms with Gasteiger partial charge in [-0.05, 0) is 61.7 Å². The first-order valence-electron chi connectivity index (χ1n) is 10.4. The van der Waals surface area contributed by atoms with Crippen LogP contribution in [0.3, 0.4) is 0 Å². The molecule has 0 unspecified atom stereocenters. The number of methoxy groups -OCH3 is 2. The van der Waals surface area contributed by atoms with E-state index in [1.165, 1.54) is 52.7 Å². The highest BCUT2D eigenvalue weighted by molar-refractivity contribution is 6.32. The third kappa shape index (κ3) is 4.32. The first-order valence-corrected chi connectivity index (χ1v) is 10.8. The molecule has 0 saturated heterocycles. The number of rotatable bonds is 7. The van der Waals surface area contributed by atoms with Crippen LogP contribution in [0.1, 0.15) is 44.9 Å². The van der Waals surface area contributed by atoms with E-state index >= 15 is 0 Å². The first-order chi connectivity index (χ1) is 13.9. The molecule has 158 valence electrons. The molecule has 4 aliphatic carbocycles. The largest absolute Gasteiger partial charge is 0.495 e. The van der Waals surface area contributed by atoms with Crippen LogP contribution in [0.25, 0.3) is 0 Å². The van der Waals surface area contributed by atoms with E-state index in [4.69, 9.17) is 21.1 Å². The normalized spacial score (nSPS) is 29.4. The molecule has 4 fully saturated rings. The van der Waals surface area contributed by atoms with Crippen LogP contribution in [0.15, 0.2) is 12.1 Å². The summed E-state index contributed by atoms with van der Waals surface area (Å²) in [4.78, 5) is 25.0. The Hall–Kier alpha value is -1.95. The fourth-order valence-electron chi connectivity index (χ4n) is 6.24. The second-order valence-corrected chi connectivity index (χ2v) is 9.51. The molecule has 0 radical (unpaired) electrons. The zero-order valence-electron chi connectivity index (χ0n) is 17.1. The van der Waals surface area contributed by atoms with Crippen molar-refractivity contribution in [2.24, 2.45) is 23.2 Å². The van der Waals surface area contributed by atoms with Gasteiger partial charge in [0, 0.05) is 18.6 Å². The standard InChI is InChI=1S/C22H29ClN2O4/c1-28-18-7-17(19(29-2)6-16(18)23)25-21(27)12-24-20(26)11-22-8-13-3-14(9-22)5-15(4-13)10-22/h6-7,13-15H,3-5,8-12H2,1-2H3,(H,24,26)(H,25,27). The van der Waals surface area contributed by atoms with E-state index < -0.39 is 0 Å². The van der Waals surface area contributed by atoms with Gasteiger partial charge in [-0.15, -0.1) is 0 Å². The number of ether oxygens (including phenoxy) is 2. The maximum absolute atomic E-state index is 12.6. The Morgan fingerprint density at radius 3 is 2.14 bits per heavy atom. The molecule has 29 heavy (non-hydrogen) atoms. The maximum Gasteiger partial charge on any atom is 0.243 e. The van der Waals surface area contributed by atoms with Crippen molar-refractivity contribution in [1.82, 2.24) is 5.32 Å². The zero-order valence-corrected chi connectivity index (χ0v) is 17.8. The SMILES string of the molecule is COc1cc(NC(=O)CNC(=O)CC23CC4CC(CC(C4)C2)C3)c(OC)cc1Cl. The minimum absolute atomic E-state index is 0.0252. The highest BCUT2D eigenvalue weighted by Gasteiger charge is 2.51. The molecule has 5 rings (SSSR count). The van der Waals surface area contributed by atoms with Crippen LogP contribution in [-0.2, 0) is 9.59 Å². The van der Waals surface area contributed by atoms with E-state index in [1.807, 2.05) is 0 Å². The van der Waals surface area contributed by atoms with Crippen molar-refractivity contribution < 1.29 is 19.1 Å². The van der Waals surface area contributed by atoms with Gasteiger partial charge in [0.15, 0.2) is 0 Å². The van der Waals surface area contributed by atoms with Crippen LogP contribution >= 0.6 is 11.6 Å². The van der Waals surface area contributed by atoms with Gasteiger partial charge in [0.25, 0.3) is 0 Å². The van der Waals surface area contributed by atoms with Gasteiger partial charge in [-0.2, -0.15) is 0 Å². The molecule has 0 aliphatic heterocycles. The molecule has 1 aromatic carbocycles. The van der Waals surface area contributed by atoms with Crippen molar-refractivity contribution in [3.05, 3.63) is 17.2 Å². The summed E-state index contributed by atoms with van der Waals surface area (Å²) in [6.45, 7) is -0.0701. The fraction of sp³-hybridized carbons (Fsp3) is 0.636.